The highest BCUT2D eigenvalue weighted by molar-refractivity contribution is 14.1. The minimum atomic E-state index is -3.41. The van der Waals surface area contributed by atoms with Gasteiger partial charge >= 0.3 is 0 Å². The van der Waals surface area contributed by atoms with Crippen molar-refractivity contribution in [2.75, 3.05) is 11.1 Å². The lowest BCUT2D eigenvalue weighted by Gasteiger charge is -2.10. The number of phenols is 1. The van der Waals surface area contributed by atoms with E-state index < -0.39 is 15.7 Å². The molecule has 0 atom stereocenters. The zero-order chi connectivity index (χ0) is 16.3. The Bertz CT molecular complexity index is 801. The van der Waals surface area contributed by atoms with Crippen LogP contribution in [-0.4, -0.2) is 25.2 Å². The molecule has 1 amide bonds. The lowest BCUT2D eigenvalue weighted by molar-refractivity contribution is 0.102. The van der Waals surface area contributed by atoms with E-state index in [0.717, 1.165) is 3.57 Å². The smallest absolute Gasteiger partial charge is 0.255 e. The Labute approximate surface area is 142 Å². The Morgan fingerprint density at radius 2 is 1.82 bits per heavy atom. The van der Waals surface area contributed by atoms with Gasteiger partial charge in [0.15, 0.2) is 9.84 Å². The third kappa shape index (κ3) is 3.77. The highest BCUT2D eigenvalue weighted by Gasteiger charge is 2.15. The molecule has 0 aliphatic carbocycles. The molecule has 2 aromatic rings. The number of hydrogen-bond donors (Lipinski definition) is 2. The van der Waals surface area contributed by atoms with Crippen LogP contribution in [0.5, 0.6) is 5.75 Å². The third-order valence-electron chi connectivity index (χ3n) is 3.06. The summed E-state index contributed by atoms with van der Waals surface area (Å²) in [4.78, 5) is 12.2. The van der Waals surface area contributed by atoms with E-state index in [0.29, 0.717) is 5.56 Å². The summed E-state index contributed by atoms with van der Waals surface area (Å²) in [5.74, 6) is -0.658. The number of hydrogen-bond acceptors (Lipinski definition) is 4. The van der Waals surface area contributed by atoms with Gasteiger partial charge in [-0.1, -0.05) is 6.92 Å². The SMILES string of the molecule is CCS(=O)(=O)c1ccc(O)c(NC(=O)c2ccc(I)cc2)c1. The first-order chi connectivity index (χ1) is 10.3. The summed E-state index contributed by atoms with van der Waals surface area (Å²) < 4.78 is 24.7. The summed E-state index contributed by atoms with van der Waals surface area (Å²) in [5, 5.41) is 12.3. The molecule has 7 heteroatoms. The number of halogens is 1. The number of benzene rings is 2. The van der Waals surface area contributed by atoms with E-state index in [1.807, 2.05) is 0 Å². The Morgan fingerprint density at radius 1 is 1.18 bits per heavy atom. The molecule has 2 aromatic carbocycles. The molecule has 22 heavy (non-hydrogen) atoms. The fraction of sp³-hybridized carbons (Fsp3) is 0.133. The topological polar surface area (TPSA) is 83.5 Å². The van der Waals surface area contributed by atoms with E-state index in [4.69, 9.17) is 0 Å². The van der Waals surface area contributed by atoms with E-state index in [-0.39, 0.29) is 22.1 Å². The number of rotatable bonds is 4. The van der Waals surface area contributed by atoms with Crippen LogP contribution in [0.15, 0.2) is 47.4 Å². The Kier molecular flexibility index (Phi) is 5.07. The Balaban J connectivity index is 2.31. The maximum Gasteiger partial charge on any atom is 0.255 e. The Hall–Kier alpha value is -1.61. The van der Waals surface area contributed by atoms with Gasteiger partial charge in [0.25, 0.3) is 5.91 Å². The minimum absolute atomic E-state index is 0.0533. The van der Waals surface area contributed by atoms with Crippen molar-refractivity contribution in [2.45, 2.75) is 11.8 Å². The summed E-state index contributed by atoms with van der Waals surface area (Å²) in [7, 11) is -3.41. The predicted molar refractivity (Wildman–Crippen MR) is 92.9 cm³/mol. The van der Waals surface area contributed by atoms with Crippen molar-refractivity contribution in [1.29, 1.82) is 0 Å². The van der Waals surface area contributed by atoms with Gasteiger partial charge in [0.2, 0.25) is 0 Å². The minimum Gasteiger partial charge on any atom is -0.506 e. The fourth-order valence-corrected chi connectivity index (χ4v) is 3.04. The summed E-state index contributed by atoms with van der Waals surface area (Å²) >= 11 is 2.13. The molecule has 116 valence electrons. The van der Waals surface area contributed by atoms with Gasteiger partial charge in [0.05, 0.1) is 16.3 Å². The molecule has 0 radical (unpaired) electrons. The number of anilines is 1. The second-order valence-electron chi connectivity index (χ2n) is 4.54. The predicted octanol–water partition coefficient (Wildman–Crippen LogP) is 3.04. The molecule has 0 spiro atoms. The van der Waals surface area contributed by atoms with Crippen molar-refractivity contribution in [3.63, 3.8) is 0 Å². The Morgan fingerprint density at radius 3 is 2.41 bits per heavy atom. The molecule has 0 saturated carbocycles. The maximum absolute atomic E-state index is 12.1. The average molecular weight is 431 g/mol. The van der Waals surface area contributed by atoms with E-state index in [1.54, 1.807) is 24.3 Å². The number of aromatic hydroxyl groups is 1. The number of nitrogens with one attached hydrogen (secondary N) is 1. The van der Waals surface area contributed by atoms with Gasteiger partial charge in [-0.05, 0) is 65.1 Å². The van der Waals surface area contributed by atoms with Gasteiger partial charge < -0.3 is 10.4 Å². The number of amides is 1. The standard InChI is InChI=1S/C15H14INO4S/c1-2-22(20,21)12-7-8-14(18)13(9-12)17-15(19)10-3-5-11(16)6-4-10/h3-9,18H,2H2,1H3,(H,17,19). The largest absolute Gasteiger partial charge is 0.506 e. The van der Waals surface area contributed by atoms with Gasteiger partial charge in [-0.3, -0.25) is 4.79 Å². The quantitative estimate of drug-likeness (QED) is 0.576. The van der Waals surface area contributed by atoms with Crippen LogP contribution in [-0.2, 0) is 9.84 Å². The number of carbonyl (C=O) groups excluding carboxylic acids is 1. The van der Waals surface area contributed by atoms with Crippen molar-refractivity contribution < 1.29 is 18.3 Å². The second kappa shape index (κ2) is 6.66. The molecule has 0 aromatic heterocycles. The van der Waals surface area contributed by atoms with Crippen molar-refractivity contribution in [3.8, 4) is 5.75 Å². The molecule has 2 N–H and O–H groups in total. The van der Waals surface area contributed by atoms with E-state index in [2.05, 4.69) is 27.9 Å². The summed E-state index contributed by atoms with van der Waals surface area (Å²) in [6, 6.07) is 10.7. The lowest BCUT2D eigenvalue weighted by atomic mass is 10.2. The second-order valence-corrected chi connectivity index (χ2v) is 8.07. The van der Waals surface area contributed by atoms with Crippen molar-refractivity contribution >= 4 is 44.0 Å². The van der Waals surface area contributed by atoms with E-state index >= 15 is 0 Å². The highest BCUT2D eigenvalue weighted by atomic mass is 127. The van der Waals surface area contributed by atoms with E-state index in [1.165, 1.54) is 25.1 Å². The number of sulfone groups is 1. The zero-order valence-corrected chi connectivity index (χ0v) is 14.7. The first-order valence-corrected chi connectivity index (χ1v) is 9.19. The van der Waals surface area contributed by atoms with Gasteiger partial charge in [-0.2, -0.15) is 0 Å². The van der Waals surface area contributed by atoms with Crippen LogP contribution in [0.2, 0.25) is 0 Å². The first kappa shape index (κ1) is 16.8. The van der Waals surface area contributed by atoms with Gasteiger partial charge in [-0.25, -0.2) is 8.42 Å². The van der Waals surface area contributed by atoms with Gasteiger partial charge in [0.1, 0.15) is 5.75 Å². The molecule has 0 aliphatic rings. The normalized spacial score (nSPS) is 11.2. The molecule has 0 aliphatic heterocycles. The fourth-order valence-electron chi connectivity index (χ4n) is 1.77. The van der Waals surface area contributed by atoms with Crippen LogP contribution in [0.25, 0.3) is 0 Å². The molecule has 5 nitrogen and oxygen atoms in total. The average Bonchev–Trinajstić information content (AvgIpc) is 2.50. The van der Waals surface area contributed by atoms with Gasteiger partial charge in [-0.15, -0.1) is 0 Å². The molecule has 0 fully saturated rings. The van der Waals surface area contributed by atoms with Crippen LogP contribution in [0.1, 0.15) is 17.3 Å². The molecule has 2 rings (SSSR count). The van der Waals surface area contributed by atoms with Crippen LogP contribution in [0.3, 0.4) is 0 Å². The molecular formula is C15H14INO4S. The lowest BCUT2D eigenvalue weighted by Crippen LogP contribution is -2.13. The first-order valence-electron chi connectivity index (χ1n) is 6.46. The van der Waals surface area contributed by atoms with Crippen molar-refractivity contribution in [3.05, 3.63) is 51.6 Å². The van der Waals surface area contributed by atoms with Gasteiger partial charge in [0, 0.05) is 9.13 Å². The van der Waals surface area contributed by atoms with Crippen molar-refractivity contribution in [1.82, 2.24) is 0 Å². The summed E-state index contributed by atoms with van der Waals surface area (Å²) in [6.45, 7) is 1.53. The maximum atomic E-state index is 12.1. The summed E-state index contributed by atoms with van der Waals surface area (Å²) in [5.41, 5.74) is 0.488. The molecule has 0 saturated heterocycles. The zero-order valence-electron chi connectivity index (χ0n) is 11.7. The number of carbonyl (C=O) groups is 1. The van der Waals surface area contributed by atoms with Crippen molar-refractivity contribution in [2.24, 2.45) is 0 Å². The van der Waals surface area contributed by atoms with Crippen LogP contribution >= 0.6 is 22.6 Å². The number of phenolic OH excluding ortho intramolecular Hbond substituents is 1. The van der Waals surface area contributed by atoms with Crippen LogP contribution in [0.4, 0.5) is 5.69 Å². The van der Waals surface area contributed by atoms with Crippen LogP contribution in [0, 0.1) is 3.57 Å². The monoisotopic (exact) mass is 431 g/mol. The third-order valence-corrected chi connectivity index (χ3v) is 5.51. The highest BCUT2D eigenvalue weighted by Crippen LogP contribution is 2.27. The molecule has 0 unspecified atom stereocenters. The van der Waals surface area contributed by atoms with E-state index in [9.17, 15) is 18.3 Å². The molecule has 0 bridgehead atoms. The molecule has 0 heterocycles. The van der Waals surface area contributed by atoms with Crippen LogP contribution < -0.4 is 5.32 Å². The summed E-state index contributed by atoms with van der Waals surface area (Å²) in [6.07, 6.45) is 0. The molecular weight excluding hydrogens is 417 g/mol.